The summed E-state index contributed by atoms with van der Waals surface area (Å²) < 4.78 is 39.5. The van der Waals surface area contributed by atoms with Gasteiger partial charge in [0.15, 0.2) is 0 Å². The number of halogens is 1. The fourth-order valence-corrected chi connectivity index (χ4v) is 3.32. The summed E-state index contributed by atoms with van der Waals surface area (Å²) >= 11 is 0. The number of sulfonamides is 1. The lowest BCUT2D eigenvalue weighted by atomic mass is 10.1. The second-order valence-electron chi connectivity index (χ2n) is 4.25. The third-order valence-electron chi connectivity index (χ3n) is 2.79. The van der Waals surface area contributed by atoms with Gasteiger partial charge in [0.2, 0.25) is 10.0 Å². The van der Waals surface area contributed by atoms with Gasteiger partial charge in [0.25, 0.3) is 0 Å². The van der Waals surface area contributed by atoms with Crippen LogP contribution in [0.1, 0.15) is 11.1 Å². The first kappa shape index (κ1) is 16.8. The zero-order valence-corrected chi connectivity index (χ0v) is 12.0. The maximum Gasteiger partial charge on any atom is 0.243 e. The van der Waals surface area contributed by atoms with E-state index in [9.17, 15) is 12.8 Å². The van der Waals surface area contributed by atoms with Crippen molar-refractivity contribution in [1.82, 2.24) is 4.31 Å². The molecule has 20 heavy (non-hydrogen) atoms. The number of rotatable bonds is 7. The van der Waals surface area contributed by atoms with Gasteiger partial charge in [0.1, 0.15) is 5.82 Å². The minimum atomic E-state index is -3.87. The Bertz CT molecular complexity index is 586. The van der Waals surface area contributed by atoms with Crippen LogP contribution in [0, 0.1) is 12.7 Å². The van der Waals surface area contributed by atoms with E-state index in [-0.39, 0.29) is 35.7 Å². The van der Waals surface area contributed by atoms with E-state index in [0.717, 1.165) is 10.4 Å². The standard InChI is InChI=1S/C13H18FNO4S/c1-3-4-15(5-6-16)20(18,19)12-7-10(2)13(14)11(8-12)9-17/h3,7-8,16-17H,1,4-6,9H2,2H3. The number of aliphatic hydroxyl groups is 2. The highest BCUT2D eigenvalue weighted by atomic mass is 32.2. The summed E-state index contributed by atoms with van der Waals surface area (Å²) in [5, 5.41) is 18.0. The number of hydrogen-bond acceptors (Lipinski definition) is 4. The number of aliphatic hydroxyl groups excluding tert-OH is 2. The van der Waals surface area contributed by atoms with Gasteiger partial charge in [-0.1, -0.05) is 6.08 Å². The van der Waals surface area contributed by atoms with Crippen LogP contribution in [0.3, 0.4) is 0 Å². The molecule has 0 bridgehead atoms. The first-order valence-electron chi connectivity index (χ1n) is 6.00. The molecular weight excluding hydrogens is 285 g/mol. The Morgan fingerprint density at radius 2 is 2.05 bits per heavy atom. The van der Waals surface area contributed by atoms with Crippen LogP contribution in [-0.4, -0.2) is 42.6 Å². The van der Waals surface area contributed by atoms with Crippen LogP contribution in [-0.2, 0) is 16.6 Å². The SMILES string of the molecule is C=CCN(CCO)S(=O)(=O)c1cc(C)c(F)c(CO)c1. The van der Waals surface area contributed by atoms with Gasteiger partial charge in [-0.2, -0.15) is 4.31 Å². The first-order chi connectivity index (χ1) is 9.38. The van der Waals surface area contributed by atoms with E-state index in [4.69, 9.17) is 10.2 Å². The van der Waals surface area contributed by atoms with Gasteiger partial charge in [-0.25, -0.2) is 12.8 Å². The van der Waals surface area contributed by atoms with Gasteiger partial charge in [-0.15, -0.1) is 6.58 Å². The fourth-order valence-electron chi connectivity index (χ4n) is 1.78. The predicted molar refractivity (Wildman–Crippen MR) is 73.1 cm³/mol. The number of benzene rings is 1. The number of hydrogen-bond donors (Lipinski definition) is 2. The molecule has 0 aliphatic heterocycles. The maximum atomic E-state index is 13.6. The van der Waals surface area contributed by atoms with Crippen molar-refractivity contribution >= 4 is 10.0 Å². The summed E-state index contributed by atoms with van der Waals surface area (Å²) in [5.74, 6) is -0.621. The zero-order valence-electron chi connectivity index (χ0n) is 11.2. The average molecular weight is 303 g/mol. The molecule has 5 nitrogen and oxygen atoms in total. The smallest absolute Gasteiger partial charge is 0.243 e. The molecule has 2 N–H and O–H groups in total. The monoisotopic (exact) mass is 303 g/mol. The second kappa shape index (κ2) is 6.94. The van der Waals surface area contributed by atoms with Crippen molar-refractivity contribution in [2.45, 2.75) is 18.4 Å². The Morgan fingerprint density at radius 3 is 2.55 bits per heavy atom. The van der Waals surface area contributed by atoms with Gasteiger partial charge in [0.05, 0.1) is 18.1 Å². The topological polar surface area (TPSA) is 77.8 Å². The van der Waals surface area contributed by atoms with Crippen LogP contribution >= 0.6 is 0 Å². The normalized spacial score (nSPS) is 11.8. The third kappa shape index (κ3) is 3.43. The summed E-state index contributed by atoms with van der Waals surface area (Å²) in [6, 6.07) is 2.31. The molecule has 0 heterocycles. The minimum Gasteiger partial charge on any atom is -0.395 e. The summed E-state index contributed by atoms with van der Waals surface area (Å²) in [4.78, 5) is -0.115. The molecule has 0 atom stereocenters. The quantitative estimate of drug-likeness (QED) is 0.730. The van der Waals surface area contributed by atoms with E-state index < -0.39 is 22.4 Å². The van der Waals surface area contributed by atoms with Crippen LogP contribution in [0.2, 0.25) is 0 Å². The molecule has 0 fully saturated rings. The summed E-state index contributed by atoms with van der Waals surface area (Å²) in [6.07, 6.45) is 1.40. The Balaban J connectivity index is 3.33. The zero-order chi connectivity index (χ0) is 15.3. The van der Waals surface area contributed by atoms with Gasteiger partial charge < -0.3 is 10.2 Å². The highest BCUT2D eigenvalue weighted by molar-refractivity contribution is 7.89. The van der Waals surface area contributed by atoms with Gasteiger partial charge >= 0.3 is 0 Å². The lowest BCUT2D eigenvalue weighted by molar-refractivity contribution is 0.260. The molecular formula is C13H18FNO4S. The van der Waals surface area contributed by atoms with Gasteiger partial charge in [-0.3, -0.25) is 0 Å². The molecule has 0 radical (unpaired) electrons. The number of nitrogens with zero attached hydrogens (tertiary/aromatic N) is 1. The van der Waals surface area contributed by atoms with Crippen molar-refractivity contribution in [1.29, 1.82) is 0 Å². The van der Waals surface area contributed by atoms with Crippen molar-refractivity contribution in [3.8, 4) is 0 Å². The Kier molecular flexibility index (Phi) is 5.82. The van der Waals surface area contributed by atoms with Crippen molar-refractivity contribution in [3.05, 3.63) is 41.7 Å². The third-order valence-corrected chi connectivity index (χ3v) is 4.64. The van der Waals surface area contributed by atoms with Crippen molar-refractivity contribution < 1.29 is 23.0 Å². The average Bonchev–Trinajstić information content (AvgIpc) is 2.41. The van der Waals surface area contributed by atoms with E-state index in [1.54, 1.807) is 0 Å². The van der Waals surface area contributed by atoms with Gasteiger partial charge in [-0.05, 0) is 24.6 Å². The molecule has 1 aromatic carbocycles. The largest absolute Gasteiger partial charge is 0.395 e. The molecule has 0 unspecified atom stereocenters. The van der Waals surface area contributed by atoms with Crippen molar-refractivity contribution in [2.75, 3.05) is 19.7 Å². The predicted octanol–water partition coefficient (Wildman–Crippen LogP) is 0.795. The van der Waals surface area contributed by atoms with Crippen LogP contribution in [0.4, 0.5) is 4.39 Å². The first-order valence-corrected chi connectivity index (χ1v) is 7.44. The molecule has 0 spiro atoms. The van der Waals surface area contributed by atoms with Gasteiger partial charge in [0, 0.05) is 18.7 Å². The molecule has 1 rings (SSSR count). The highest BCUT2D eigenvalue weighted by Gasteiger charge is 2.24. The summed E-state index contributed by atoms with van der Waals surface area (Å²) in [6.45, 7) is 3.93. The van der Waals surface area contributed by atoms with E-state index in [1.165, 1.54) is 19.1 Å². The molecule has 0 saturated carbocycles. The molecule has 7 heteroatoms. The molecule has 0 amide bonds. The molecule has 0 aromatic heterocycles. The molecule has 1 aromatic rings. The Labute approximate surface area is 118 Å². The Hall–Kier alpha value is -1.28. The van der Waals surface area contributed by atoms with Crippen LogP contribution in [0.25, 0.3) is 0 Å². The Morgan fingerprint density at radius 1 is 1.40 bits per heavy atom. The van der Waals surface area contributed by atoms with E-state index in [2.05, 4.69) is 6.58 Å². The minimum absolute atomic E-state index is 0.0355. The van der Waals surface area contributed by atoms with E-state index in [1.807, 2.05) is 0 Å². The van der Waals surface area contributed by atoms with Crippen LogP contribution in [0.5, 0.6) is 0 Å². The summed E-state index contributed by atoms with van der Waals surface area (Å²) in [7, 11) is -3.87. The maximum absolute atomic E-state index is 13.6. The van der Waals surface area contributed by atoms with Crippen molar-refractivity contribution in [2.24, 2.45) is 0 Å². The van der Waals surface area contributed by atoms with E-state index >= 15 is 0 Å². The lowest BCUT2D eigenvalue weighted by Crippen LogP contribution is -2.34. The molecule has 0 aliphatic carbocycles. The number of aryl methyl sites for hydroxylation is 1. The fraction of sp³-hybridized carbons (Fsp3) is 0.385. The highest BCUT2D eigenvalue weighted by Crippen LogP contribution is 2.22. The second-order valence-corrected chi connectivity index (χ2v) is 6.18. The van der Waals surface area contributed by atoms with Crippen LogP contribution in [0.15, 0.2) is 29.7 Å². The lowest BCUT2D eigenvalue weighted by Gasteiger charge is -2.20. The molecule has 0 aliphatic rings. The summed E-state index contributed by atoms with van der Waals surface area (Å²) in [5.41, 5.74) is 0.0591. The van der Waals surface area contributed by atoms with E-state index in [0.29, 0.717) is 0 Å². The molecule has 0 saturated heterocycles. The molecule has 112 valence electrons. The van der Waals surface area contributed by atoms with Crippen LogP contribution < -0.4 is 0 Å². The van der Waals surface area contributed by atoms with Crippen molar-refractivity contribution in [3.63, 3.8) is 0 Å².